The predicted octanol–water partition coefficient (Wildman–Crippen LogP) is 3.23. The van der Waals surface area contributed by atoms with Gasteiger partial charge < -0.3 is 10.6 Å². The number of nitrogens with zero attached hydrogens (tertiary/aromatic N) is 3. The topological polar surface area (TPSA) is 55.0 Å². The van der Waals surface area contributed by atoms with Gasteiger partial charge in [-0.2, -0.15) is 0 Å². The second kappa shape index (κ2) is 4.93. The molecule has 0 bridgehead atoms. The van der Waals surface area contributed by atoms with Crippen molar-refractivity contribution >= 4 is 22.4 Å². The number of fused-ring (bicyclic) bond motifs is 1. The summed E-state index contributed by atoms with van der Waals surface area (Å²) in [6.45, 7) is 6.75. The van der Waals surface area contributed by atoms with Crippen LogP contribution in [0, 0.1) is 5.41 Å². The SMILES string of the molecule is CCC1(CC)CCN(c2ncnc3ccc(N)cc23)C1. The summed E-state index contributed by atoms with van der Waals surface area (Å²) >= 11 is 0. The maximum atomic E-state index is 5.92. The minimum absolute atomic E-state index is 0.442. The average molecular weight is 270 g/mol. The van der Waals surface area contributed by atoms with Crippen LogP contribution in [-0.2, 0) is 0 Å². The minimum atomic E-state index is 0.442. The fraction of sp³-hybridized carbons (Fsp3) is 0.500. The van der Waals surface area contributed by atoms with Crippen LogP contribution in [0.5, 0.6) is 0 Å². The third-order valence-electron chi connectivity index (χ3n) is 4.88. The summed E-state index contributed by atoms with van der Waals surface area (Å²) in [7, 11) is 0. The molecule has 1 aliphatic rings. The monoisotopic (exact) mass is 270 g/mol. The Labute approximate surface area is 120 Å². The van der Waals surface area contributed by atoms with Crippen LogP contribution in [0.2, 0.25) is 0 Å². The van der Waals surface area contributed by atoms with E-state index in [4.69, 9.17) is 5.73 Å². The molecular weight excluding hydrogens is 248 g/mol. The number of aromatic nitrogens is 2. The van der Waals surface area contributed by atoms with Crippen LogP contribution in [0.15, 0.2) is 24.5 Å². The maximum absolute atomic E-state index is 5.92. The summed E-state index contributed by atoms with van der Waals surface area (Å²) < 4.78 is 0. The van der Waals surface area contributed by atoms with E-state index in [0.717, 1.165) is 35.5 Å². The molecule has 1 saturated heterocycles. The van der Waals surface area contributed by atoms with Gasteiger partial charge in [-0.1, -0.05) is 13.8 Å². The highest BCUT2D eigenvalue weighted by atomic mass is 15.2. The molecule has 2 N–H and O–H groups in total. The van der Waals surface area contributed by atoms with E-state index in [9.17, 15) is 0 Å². The first-order chi connectivity index (χ1) is 9.67. The standard InChI is InChI=1S/C16H22N4/c1-3-16(4-2)7-8-20(10-16)15-13-9-12(17)5-6-14(13)18-11-19-15/h5-6,9,11H,3-4,7-8,10,17H2,1-2H3. The number of benzene rings is 1. The first-order valence-electron chi connectivity index (χ1n) is 7.42. The van der Waals surface area contributed by atoms with Crippen molar-refractivity contribution in [3.63, 3.8) is 0 Å². The molecule has 2 heterocycles. The summed E-state index contributed by atoms with van der Waals surface area (Å²) in [5, 5.41) is 1.07. The van der Waals surface area contributed by atoms with Crippen LogP contribution in [0.1, 0.15) is 33.1 Å². The third-order valence-corrected chi connectivity index (χ3v) is 4.88. The molecule has 20 heavy (non-hydrogen) atoms. The van der Waals surface area contributed by atoms with Crippen LogP contribution in [0.3, 0.4) is 0 Å². The highest BCUT2D eigenvalue weighted by Crippen LogP contribution is 2.39. The van der Waals surface area contributed by atoms with E-state index in [0.29, 0.717) is 5.41 Å². The Morgan fingerprint density at radius 3 is 2.75 bits per heavy atom. The molecule has 0 aliphatic carbocycles. The van der Waals surface area contributed by atoms with Crippen LogP contribution in [0.25, 0.3) is 10.9 Å². The quantitative estimate of drug-likeness (QED) is 0.870. The van der Waals surface area contributed by atoms with Gasteiger partial charge in [-0.3, -0.25) is 0 Å². The normalized spacial score (nSPS) is 17.8. The van der Waals surface area contributed by atoms with Gasteiger partial charge in [0, 0.05) is 24.2 Å². The van der Waals surface area contributed by atoms with Crippen LogP contribution in [-0.4, -0.2) is 23.1 Å². The maximum Gasteiger partial charge on any atom is 0.139 e. The number of anilines is 2. The third kappa shape index (κ3) is 2.09. The van der Waals surface area contributed by atoms with Crippen LogP contribution in [0.4, 0.5) is 11.5 Å². The molecule has 0 spiro atoms. The van der Waals surface area contributed by atoms with Crippen LogP contribution >= 0.6 is 0 Å². The molecular formula is C16H22N4. The van der Waals surface area contributed by atoms with E-state index in [-0.39, 0.29) is 0 Å². The zero-order chi connectivity index (χ0) is 14.2. The van der Waals surface area contributed by atoms with E-state index in [1.165, 1.54) is 19.3 Å². The molecule has 1 fully saturated rings. The Balaban J connectivity index is 2.01. The fourth-order valence-electron chi connectivity index (χ4n) is 3.26. The minimum Gasteiger partial charge on any atom is -0.399 e. The first kappa shape index (κ1) is 13.2. The lowest BCUT2D eigenvalue weighted by molar-refractivity contribution is 0.301. The van der Waals surface area contributed by atoms with Crippen molar-refractivity contribution in [3.05, 3.63) is 24.5 Å². The summed E-state index contributed by atoms with van der Waals surface area (Å²) in [6, 6.07) is 5.85. The molecule has 0 atom stereocenters. The molecule has 2 aromatic rings. The van der Waals surface area contributed by atoms with Gasteiger partial charge in [-0.15, -0.1) is 0 Å². The molecule has 0 radical (unpaired) electrons. The summed E-state index contributed by atoms with van der Waals surface area (Å²) in [5.74, 6) is 1.03. The van der Waals surface area contributed by atoms with E-state index in [2.05, 4.69) is 28.7 Å². The Morgan fingerprint density at radius 1 is 1.25 bits per heavy atom. The Bertz CT molecular complexity index is 619. The smallest absolute Gasteiger partial charge is 0.139 e. The predicted molar refractivity (Wildman–Crippen MR) is 83.8 cm³/mol. The molecule has 106 valence electrons. The van der Waals surface area contributed by atoms with Crippen molar-refractivity contribution in [2.75, 3.05) is 23.7 Å². The summed E-state index contributed by atoms with van der Waals surface area (Å²) in [6.07, 6.45) is 5.36. The zero-order valence-electron chi connectivity index (χ0n) is 12.3. The van der Waals surface area contributed by atoms with Gasteiger partial charge in [-0.25, -0.2) is 9.97 Å². The second-order valence-corrected chi connectivity index (χ2v) is 5.85. The average Bonchev–Trinajstić information content (AvgIpc) is 2.91. The molecule has 0 saturated carbocycles. The van der Waals surface area contributed by atoms with Crippen molar-refractivity contribution in [2.45, 2.75) is 33.1 Å². The summed E-state index contributed by atoms with van der Waals surface area (Å²) in [5.41, 5.74) is 8.10. The number of hydrogen-bond donors (Lipinski definition) is 1. The van der Waals surface area contributed by atoms with E-state index < -0.39 is 0 Å². The fourth-order valence-corrected chi connectivity index (χ4v) is 3.26. The largest absolute Gasteiger partial charge is 0.399 e. The van der Waals surface area contributed by atoms with Gasteiger partial charge in [0.15, 0.2) is 0 Å². The van der Waals surface area contributed by atoms with Crippen molar-refractivity contribution in [1.82, 2.24) is 9.97 Å². The van der Waals surface area contributed by atoms with Gasteiger partial charge in [0.05, 0.1) is 5.52 Å². The lowest BCUT2D eigenvalue weighted by Gasteiger charge is -2.27. The lowest BCUT2D eigenvalue weighted by Crippen LogP contribution is -2.26. The second-order valence-electron chi connectivity index (χ2n) is 5.85. The van der Waals surface area contributed by atoms with E-state index in [1.807, 2.05) is 18.2 Å². The number of nitrogens with two attached hydrogens (primary N) is 1. The molecule has 1 aromatic heterocycles. The van der Waals surface area contributed by atoms with Gasteiger partial charge in [0.1, 0.15) is 12.1 Å². The number of rotatable bonds is 3. The van der Waals surface area contributed by atoms with Crippen molar-refractivity contribution in [3.8, 4) is 0 Å². The first-order valence-corrected chi connectivity index (χ1v) is 7.42. The number of hydrogen-bond acceptors (Lipinski definition) is 4. The van der Waals surface area contributed by atoms with Crippen molar-refractivity contribution in [2.24, 2.45) is 5.41 Å². The zero-order valence-corrected chi connectivity index (χ0v) is 12.3. The van der Waals surface area contributed by atoms with Gasteiger partial charge >= 0.3 is 0 Å². The highest BCUT2D eigenvalue weighted by Gasteiger charge is 2.35. The van der Waals surface area contributed by atoms with Crippen molar-refractivity contribution in [1.29, 1.82) is 0 Å². The molecule has 3 rings (SSSR count). The van der Waals surface area contributed by atoms with Crippen molar-refractivity contribution < 1.29 is 0 Å². The summed E-state index contributed by atoms with van der Waals surface area (Å²) in [4.78, 5) is 11.3. The Hall–Kier alpha value is -1.84. The molecule has 0 unspecified atom stereocenters. The molecule has 0 amide bonds. The Morgan fingerprint density at radius 2 is 2.05 bits per heavy atom. The Kier molecular flexibility index (Phi) is 3.24. The molecule has 1 aromatic carbocycles. The van der Waals surface area contributed by atoms with E-state index in [1.54, 1.807) is 6.33 Å². The number of nitrogen functional groups attached to an aromatic ring is 1. The molecule has 4 nitrogen and oxygen atoms in total. The molecule has 4 heteroatoms. The lowest BCUT2D eigenvalue weighted by atomic mass is 9.82. The van der Waals surface area contributed by atoms with Gasteiger partial charge in [-0.05, 0) is 42.9 Å². The van der Waals surface area contributed by atoms with Gasteiger partial charge in [0.25, 0.3) is 0 Å². The van der Waals surface area contributed by atoms with E-state index >= 15 is 0 Å². The van der Waals surface area contributed by atoms with Gasteiger partial charge in [0.2, 0.25) is 0 Å². The molecule has 1 aliphatic heterocycles. The van der Waals surface area contributed by atoms with Crippen LogP contribution < -0.4 is 10.6 Å². The highest BCUT2D eigenvalue weighted by molar-refractivity contribution is 5.91.